The molecule has 7 heteroatoms. The number of hydrogen-bond donors (Lipinski definition) is 2. The minimum Gasteiger partial charge on any atom is -0.377 e. The predicted molar refractivity (Wildman–Crippen MR) is 150 cm³/mol. The number of aromatic amines is 1. The van der Waals surface area contributed by atoms with Gasteiger partial charge in [-0.3, -0.25) is 4.79 Å². The first-order valence-electron chi connectivity index (χ1n) is 13.0. The zero-order valence-electron chi connectivity index (χ0n) is 22.0. The summed E-state index contributed by atoms with van der Waals surface area (Å²) in [7, 11) is 7.65. The lowest BCUT2D eigenvalue weighted by molar-refractivity contribution is -0.174. The van der Waals surface area contributed by atoms with E-state index >= 15 is 0 Å². The molecular formula is C30H34N4O3. The monoisotopic (exact) mass is 498 g/mol. The predicted octanol–water partition coefficient (Wildman–Crippen LogP) is 5.32. The molecule has 0 bridgehead atoms. The molecule has 7 nitrogen and oxygen atoms in total. The summed E-state index contributed by atoms with van der Waals surface area (Å²) < 4.78 is 14.9. The lowest BCUT2D eigenvalue weighted by Crippen LogP contribution is -2.52. The molecule has 37 heavy (non-hydrogen) atoms. The standard InChI is InChI=1S/C30H34N4O3/c1-17-29(36-5)24(33(3)4)16-25(37-17)34-23-14-8-6-7-12-19(23)26-21(30(35)31-2)15-20-18-11-9-10-13-22(18)32-27(20)28(26)34/h7-15,17,24-25,29,32H,6,16H2,1-5H3,(H,31,35)/t17-,24+,25+,29-/m0/s1. The minimum absolute atomic E-state index is 0.0309. The Hall–Kier alpha value is -3.39. The normalized spacial score (nSPS) is 23.7. The van der Waals surface area contributed by atoms with E-state index in [0.717, 1.165) is 56.8 Å². The maximum Gasteiger partial charge on any atom is 0.251 e. The number of allylic oxidation sites excluding steroid dienone is 2. The molecule has 1 amide bonds. The smallest absolute Gasteiger partial charge is 0.251 e. The van der Waals surface area contributed by atoms with Gasteiger partial charge >= 0.3 is 0 Å². The average molecular weight is 499 g/mol. The van der Waals surface area contributed by atoms with Crippen LogP contribution in [0.15, 0.2) is 42.5 Å². The largest absolute Gasteiger partial charge is 0.377 e. The van der Waals surface area contributed by atoms with E-state index in [0.29, 0.717) is 5.56 Å². The molecule has 4 aromatic rings. The molecule has 1 fully saturated rings. The topological polar surface area (TPSA) is 71.5 Å². The van der Waals surface area contributed by atoms with Crippen LogP contribution in [0.1, 0.15) is 47.6 Å². The first-order valence-corrected chi connectivity index (χ1v) is 13.0. The van der Waals surface area contributed by atoms with Gasteiger partial charge in [-0.25, -0.2) is 0 Å². The van der Waals surface area contributed by atoms with Crippen molar-refractivity contribution >= 4 is 50.8 Å². The van der Waals surface area contributed by atoms with Crippen molar-refractivity contribution in [2.75, 3.05) is 28.3 Å². The molecule has 0 spiro atoms. The third-order valence-corrected chi connectivity index (χ3v) is 8.01. The van der Waals surface area contributed by atoms with E-state index in [-0.39, 0.29) is 30.4 Å². The number of ether oxygens (including phenoxy) is 2. The summed E-state index contributed by atoms with van der Waals surface area (Å²) in [5, 5.41) is 5.96. The molecule has 0 saturated carbocycles. The van der Waals surface area contributed by atoms with E-state index in [2.05, 4.69) is 77.2 Å². The highest BCUT2D eigenvalue weighted by Crippen LogP contribution is 2.44. The van der Waals surface area contributed by atoms with Gasteiger partial charge in [0, 0.05) is 53.9 Å². The Balaban J connectivity index is 1.73. The lowest BCUT2D eigenvalue weighted by atomic mass is 9.97. The summed E-state index contributed by atoms with van der Waals surface area (Å²) >= 11 is 0. The number of rotatable bonds is 4. The SMILES string of the molecule is CNC(=O)c1cc2c3ccccc3[nH]c2c2c1c1c(n2[C@H]2C[C@@H](N(C)C)[C@@H](OC)[C@H](C)O2)C=CCC=C1. The summed E-state index contributed by atoms with van der Waals surface area (Å²) in [6.07, 6.45) is 9.90. The number of methoxy groups -OCH3 is 1. The van der Waals surface area contributed by atoms with Crippen LogP contribution in [-0.4, -0.2) is 66.9 Å². The van der Waals surface area contributed by atoms with Crippen molar-refractivity contribution in [3.8, 4) is 0 Å². The summed E-state index contributed by atoms with van der Waals surface area (Å²) in [6, 6.07) is 10.5. The quantitative estimate of drug-likeness (QED) is 0.400. The Kier molecular flexibility index (Phi) is 5.94. The van der Waals surface area contributed by atoms with Gasteiger partial charge in [0.15, 0.2) is 0 Å². The Bertz CT molecular complexity index is 1570. The third kappa shape index (κ3) is 3.64. The average Bonchev–Trinajstić information content (AvgIpc) is 3.32. The van der Waals surface area contributed by atoms with Gasteiger partial charge in [0.05, 0.1) is 34.5 Å². The molecule has 2 aliphatic rings. The van der Waals surface area contributed by atoms with Crippen LogP contribution in [0.3, 0.4) is 0 Å². The molecular weight excluding hydrogens is 464 g/mol. The van der Waals surface area contributed by atoms with Crippen molar-refractivity contribution in [2.45, 2.75) is 44.2 Å². The molecule has 1 aliphatic carbocycles. The van der Waals surface area contributed by atoms with E-state index < -0.39 is 0 Å². The van der Waals surface area contributed by atoms with Gasteiger partial charge < -0.3 is 29.2 Å². The second kappa shape index (κ2) is 9.17. The number of nitrogens with one attached hydrogen (secondary N) is 2. The van der Waals surface area contributed by atoms with Gasteiger partial charge in [0.25, 0.3) is 5.91 Å². The van der Waals surface area contributed by atoms with Crippen LogP contribution >= 0.6 is 0 Å². The summed E-state index contributed by atoms with van der Waals surface area (Å²) in [5.74, 6) is -0.0951. The highest BCUT2D eigenvalue weighted by Gasteiger charge is 2.40. The zero-order valence-corrected chi connectivity index (χ0v) is 22.0. The number of carbonyl (C=O) groups excluding carboxylic acids is 1. The molecule has 1 saturated heterocycles. The van der Waals surface area contributed by atoms with Gasteiger partial charge in [0.1, 0.15) is 6.23 Å². The van der Waals surface area contributed by atoms with Crippen LogP contribution < -0.4 is 5.32 Å². The second-order valence-corrected chi connectivity index (χ2v) is 10.3. The Morgan fingerprint density at radius 3 is 2.73 bits per heavy atom. The number of para-hydroxylation sites is 1. The highest BCUT2D eigenvalue weighted by atomic mass is 16.6. The van der Waals surface area contributed by atoms with Crippen LogP contribution in [0, 0.1) is 0 Å². The Morgan fingerprint density at radius 2 is 1.97 bits per heavy atom. The van der Waals surface area contributed by atoms with Crippen LogP contribution in [0.2, 0.25) is 0 Å². The number of aromatic nitrogens is 2. The number of likely N-dealkylation sites (N-methyl/N-ethyl adjacent to an activating group) is 1. The number of amides is 1. The van der Waals surface area contributed by atoms with E-state index in [1.54, 1.807) is 14.2 Å². The van der Waals surface area contributed by atoms with Crippen molar-refractivity contribution in [2.24, 2.45) is 0 Å². The molecule has 2 aromatic carbocycles. The van der Waals surface area contributed by atoms with Crippen molar-refractivity contribution < 1.29 is 14.3 Å². The van der Waals surface area contributed by atoms with Gasteiger partial charge in [-0.15, -0.1) is 0 Å². The number of carbonyl (C=O) groups is 1. The van der Waals surface area contributed by atoms with Crippen molar-refractivity contribution in [3.05, 3.63) is 59.3 Å². The minimum atomic E-state index is -0.231. The Labute approximate surface area is 216 Å². The van der Waals surface area contributed by atoms with E-state index in [4.69, 9.17) is 9.47 Å². The first-order chi connectivity index (χ1) is 17.9. The summed E-state index contributed by atoms with van der Waals surface area (Å²) in [5.41, 5.74) is 5.85. The Morgan fingerprint density at radius 1 is 1.19 bits per heavy atom. The molecule has 4 atom stereocenters. The van der Waals surface area contributed by atoms with Gasteiger partial charge in [-0.2, -0.15) is 0 Å². The van der Waals surface area contributed by atoms with E-state index in [1.165, 1.54) is 0 Å². The number of benzene rings is 2. The van der Waals surface area contributed by atoms with Crippen molar-refractivity contribution in [1.29, 1.82) is 0 Å². The third-order valence-electron chi connectivity index (χ3n) is 8.01. The fraction of sp³-hybridized carbons (Fsp3) is 0.367. The van der Waals surface area contributed by atoms with Crippen LogP contribution in [0.25, 0.3) is 44.9 Å². The lowest BCUT2D eigenvalue weighted by Gasteiger charge is -2.43. The molecule has 3 heterocycles. The highest BCUT2D eigenvalue weighted by molar-refractivity contribution is 6.23. The van der Waals surface area contributed by atoms with Crippen LogP contribution in [-0.2, 0) is 9.47 Å². The van der Waals surface area contributed by atoms with Gasteiger partial charge in [-0.05, 0) is 45.6 Å². The number of nitrogens with zero attached hydrogens (tertiary/aromatic N) is 2. The number of hydrogen-bond acceptors (Lipinski definition) is 4. The van der Waals surface area contributed by atoms with E-state index in [9.17, 15) is 4.79 Å². The fourth-order valence-corrected chi connectivity index (χ4v) is 6.31. The second-order valence-electron chi connectivity index (χ2n) is 10.3. The molecule has 0 unspecified atom stereocenters. The molecule has 2 N–H and O–H groups in total. The molecule has 2 aromatic heterocycles. The van der Waals surface area contributed by atoms with Crippen molar-refractivity contribution in [3.63, 3.8) is 0 Å². The number of fused-ring (bicyclic) bond motifs is 7. The first kappa shape index (κ1) is 24.0. The maximum absolute atomic E-state index is 13.3. The molecule has 1 aliphatic heterocycles. The zero-order chi connectivity index (χ0) is 25.8. The molecule has 0 radical (unpaired) electrons. The number of H-pyrrole nitrogens is 1. The summed E-state index contributed by atoms with van der Waals surface area (Å²) in [4.78, 5) is 19.2. The fourth-order valence-electron chi connectivity index (χ4n) is 6.31. The molecule has 192 valence electrons. The van der Waals surface area contributed by atoms with E-state index in [1.807, 2.05) is 18.2 Å². The maximum atomic E-state index is 13.3. The van der Waals surface area contributed by atoms with Crippen LogP contribution in [0.4, 0.5) is 0 Å². The summed E-state index contributed by atoms with van der Waals surface area (Å²) in [6.45, 7) is 2.09. The van der Waals surface area contributed by atoms with Crippen LogP contribution in [0.5, 0.6) is 0 Å². The van der Waals surface area contributed by atoms with Crippen molar-refractivity contribution in [1.82, 2.24) is 19.8 Å². The van der Waals surface area contributed by atoms with Gasteiger partial charge in [0.2, 0.25) is 0 Å². The molecule has 6 rings (SSSR count). The van der Waals surface area contributed by atoms with Gasteiger partial charge in [-0.1, -0.05) is 36.4 Å².